The summed E-state index contributed by atoms with van der Waals surface area (Å²) in [6.07, 6.45) is 4.62. The second-order valence-electron chi connectivity index (χ2n) is 6.37. The van der Waals surface area contributed by atoms with Crippen LogP contribution in [0.2, 0.25) is 0 Å². The molecule has 136 valence electrons. The molecule has 0 unspecified atom stereocenters. The highest BCUT2D eigenvalue weighted by atomic mass is 19.1. The standard InChI is InChI=1S/C17H25FN6O/c1-25-11-10-21-13-7-5-6-12(18)14(13)24-16(20)22-15(19)23-17(24)8-3-2-4-9-17/h5-7,21H,2-4,8-11H2,1H3,(H4,19,20,22,23). The molecule has 7 nitrogen and oxygen atoms in total. The molecule has 1 aliphatic heterocycles. The van der Waals surface area contributed by atoms with Gasteiger partial charge in [0.1, 0.15) is 17.2 Å². The normalized spacial score (nSPS) is 19.5. The molecule has 1 aliphatic carbocycles. The van der Waals surface area contributed by atoms with Crippen molar-refractivity contribution in [1.82, 2.24) is 0 Å². The Bertz CT molecular complexity index is 684. The number of rotatable bonds is 5. The first-order chi connectivity index (χ1) is 12.1. The molecule has 1 saturated carbocycles. The lowest BCUT2D eigenvalue weighted by molar-refractivity contribution is 0.211. The van der Waals surface area contributed by atoms with Crippen molar-refractivity contribution >= 4 is 23.3 Å². The molecular formula is C17H25FN6O. The molecule has 5 N–H and O–H groups in total. The van der Waals surface area contributed by atoms with Crippen molar-refractivity contribution in [2.24, 2.45) is 21.5 Å². The molecule has 3 rings (SSSR count). The number of ether oxygens (including phenoxy) is 1. The number of nitrogens with one attached hydrogen (secondary N) is 1. The zero-order valence-electron chi connectivity index (χ0n) is 14.5. The van der Waals surface area contributed by atoms with Gasteiger partial charge in [-0.25, -0.2) is 9.38 Å². The van der Waals surface area contributed by atoms with Crippen LogP contribution in [0.4, 0.5) is 15.8 Å². The molecular weight excluding hydrogens is 323 g/mol. The third kappa shape index (κ3) is 3.39. The number of nitrogens with zero attached hydrogens (tertiary/aromatic N) is 3. The Balaban J connectivity index is 2.05. The topological polar surface area (TPSA) is 101 Å². The van der Waals surface area contributed by atoms with E-state index in [0.717, 1.165) is 32.1 Å². The number of hydrogen-bond acceptors (Lipinski definition) is 7. The molecule has 0 radical (unpaired) electrons. The average Bonchev–Trinajstić information content (AvgIpc) is 2.57. The van der Waals surface area contributed by atoms with Crippen LogP contribution in [0.25, 0.3) is 0 Å². The Morgan fingerprint density at radius 3 is 2.76 bits per heavy atom. The van der Waals surface area contributed by atoms with Crippen molar-refractivity contribution in [3.05, 3.63) is 24.0 Å². The molecule has 25 heavy (non-hydrogen) atoms. The summed E-state index contributed by atoms with van der Waals surface area (Å²) in [7, 11) is 1.62. The average molecular weight is 348 g/mol. The fraction of sp³-hybridized carbons (Fsp3) is 0.529. The maximum atomic E-state index is 14.8. The fourth-order valence-electron chi connectivity index (χ4n) is 3.62. The number of methoxy groups -OCH3 is 1. The lowest BCUT2D eigenvalue weighted by Gasteiger charge is -2.46. The van der Waals surface area contributed by atoms with Crippen LogP contribution in [-0.2, 0) is 4.74 Å². The molecule has 1 heterocycles. The van der Waals surface area contributed by atoms with E-state index in [-0.39, 0.29) is 17.7 Å². The monoisotopic (exact) mass is 348 g/mol. The van der Waals surface area contributed by atoms with E-state index in [0.29, 0.717) is 24.5 Å². The molecule has 0 saturated heterocycles. The molecule has 0 amide bonds. The summed E-state index contributed by atoms with van der Waals surface area (Å²) in [6.45, 7) is 1.06. The molecule has 1 aromatic carbocycles. The summed E-state index contributed by atoms with van der Waals surface area (Å²) in [5.41, 5.74) is 12.4. The van der Waals surface area contributed by atoms with Crippen molar-refractivity contribution < 1.29 is 9.13 Å². The van der Waals surface area contributed by atoms with Crippen LogP contribution in [0.15, 0.2) is 28.2 Å². The quantitative estimate of drug-likeness (QED) is 0.707. The predicted molar refractivity (Wildman–Crippen MR) is 98.3 cm³/mol. The molecule has 0 aromatic heterocycles. The van der Waals surface area contributed by atoms with E-state index in [4.69, 9.17) is 16.2 Å². The second-order valence-corrected chi connectivity index (χ2v) is 6.37. The first-order valence-corrected chi connectivity index (χ1v) is 8.58. The third-order valence-corrected chi connectivity index (χ3v) is 4.68. The van der Waals surface area contributed by atoms with E-state index in [1.165, 1.54) is 6.07 Å². The van der Waals surface area contributed by atoms with Gasteiger partial charge in [-0.2, -0.15) is 4.99 Å². The van der Waals surface area contributed by atoms with Crippen molar-refractivity contribution in [2.75, 3.05) is 30.5 Å². The number of hydrogen-bond donors (Lipinski definition) is 3. The van der Waals surface area contributed by atoms with Crippen molar-refractivity contribution in [1.29, 1.82) is 0 Å². The highest BCUT2D eigenvalue weighted by molar-refractivity contribution is 6.07. The van der Waals surface area contributed by atoms with Gasteiger partial charge in [0.05, 0.1) is 12.3 Å². The van der Waals surface area contributed by atoms with Crippen LogP contribution in [0.5, 0.6) is 0 Å². The van der Waals surface area contributed by atoms with Crippen molar-refractivity contribution in [3.63, 3.8) is 0 Å². The van der Waals surface area contributed by atoms with E-state index < -0.39 is 5.66 Å². The molecule has 8 heteroatoms. The zero-order valence-corrected chi connectivity index (χ0v) is 14.5. The smallest absolute Gasteiger partial charge is 0.220 e. The Labute approximate surface area is 146 Å². The summed E-state index contributed by atoms with van der Waals surface area (Å²) in [5, 5.41) is 3.21. The number of anilines is 2. The van der Waals surface area contributed by atoms with E-state index in [1.54, 1.807) is 18.1 Å². The Morgan fingerprint density at radius 2 is 2.04 bits per heavy atom. The van der Waals surface area contributed by atoms with Crippen LogP contribution in [0.1, 0.15) is 32.1 Å². The SMILES string of the molecule is COCCNc1cccc(F)c1N1C(N)=NC(N)=NC12CCCCC2. The Hall–Kier alpha value is -2.35. The van der Waals surface area contributed by atoms with Gasteiger partial charge in [0, 0.05) is 13.7 Å². The molecule has 1 fully saturated rings. The van der Waals surface area contributed by atoms with Crippen molar-refractivity contribution in [3.8, 4) is 0 Å². The van der Waals surface area contributed by atoms with Crippen LogP contribution >= 0.6 is 0 Å². The van der Waals surface area contributed by atoms with Crippen LogP contribution in [-0.4, -0.2) is 37.8 Å². The molecule has 1 spiro atoms. The highest BCUT2D eigenvalue weighted by Crippen LogP contribution is 2.42. The number of aliphatic imine (C=N–C) groups is 2. The van der Waals surface area contributed by atoms with Gasteiger partial charge in [-0.05, 0) is 37.8 Å². The summed E-state index contributed by atoms with van der Waals surface area (Å²) < 4.78 is 19.9. The maximum absolute atomic E-state index is 14.8. The van der Waals surface area contributed by atoms with Gasteiger partial charge < -0.3 is 21.5 Å². The number of halogens is 1. The summed E-state index contributed by atoms with van der Waals surface area (Å²) >= 11 is 0. The number of guanidine groups is 2. The lowest BCUT2D eigenvalue weighted by atomic mass is 9.87. The van der Waals surface area contributed by atoms with Crippen molar-refractivity contribution in [2.45, 2.75) is 37.8 Å². The van der Waals surface area contributed by atoms with E-state index in [9.17, 15) is 4.39 Å². The van der Waals surface area contributed by atoms with Crippen LogP contribution in [0.3, 0.4) is 0 Å². The highest BCUT2D eigenvalue weighted by Gasteiger charge is 2.44. The van der Waals surface area contributed by atoms with Crippen LogP contribution in [0, 0.1) is 5.82 Å². The van der Waals surface area contributed by atoms with E-state index in [1.807, 2.05) is 6.07 Å². The Morgan fingerprint density at radius 1 is 1.28 bits per heavy atom. The first kappa shape index (κ1) is 17.5. The van der Waals surface area contributed by atoms with Gasteiger partial charge in [0.25, 0.3) is 0 Å². The van der Waals surface area contributed by atoms with Gasteiger partial charge in [0.2, 0.25) is 11.9 Å². The molecule has 0 bridgehead atoms. The molecule has 1 aromatic rings. The zero-order chi connectivity index (χ0) is 17.9. The Kier molecular flexibility index (Phi) is 5.08. The summed E-state index contributed by atoms with van der Waals surface area (Å²) in [5.74, 6) is -0.0450. The van der Waals surface area contributed by atoms with E-state index in [2.05, 4.69) is 15.3 Å². The van der Waals surface area contributed by atoms with Gasteiger partial charge in [-0.15, -0.1) is 0 Å². The number of benzene rings is 1. The minimum Gasteiger partial charge on any atom is -0.383 e. The number of nitrogens with two attached hydrogens (primary N) is 2. The van der Waals surface area contributed by atoms with Gasteiger partial charge in [-0.1, -0.05) is 12.5 Å². The maximum Gasteiger partial charge on any atom is 0.220 e. The first-order valence-electron chi connectivity index (χ1n) is 8.58. The van der Waals surface area contributed by atoms with Gasteiger partial charge >= 0.3 is 0 Å². The minimum atomic E-state index is -0.673. The fourth-order valence-corrected chi connectivity index (χ4v) is 3.62. The van der Waals surface area contributed by atoms with E-state index >= 15 is 0 Å². The van der Waals surface area contributed by atoms with Gasteiger partial charge in [-0.3, -0.25) is 4.90 Å². The van der Waals surface area contributed by atoms with Crippen LogP contribution < -0.4 is 21.7 Å². The predicted octanol–water partition coefficient (Wildman–Crippen LogP) is 1.99. The molecule has 2 aliphatic rings. The number of para-hydroxylation sites is 1. The second kappa shape index (κ2) is 7.26. The lowest BCUT2D eigenvalue weighted by Crippen LogP contribution is -2.58. The minimum absolute atomic E-state index is 0.154. The molecule has 0 atom stereocenters. The van der Waals surface area contributed by atoms with Gasteiger partial charge in [0.15, 0.2) is 0 Å². The summed E-state index contributed by atoms with van der Waals surface area (Å²) in [6, 6.07) is 4.90. The largest absolute Gasteiger partial charge is 0.383 e. The summed E-state index contributed by atoms with van der Waals surface area (Å²) in [4.78, 5) is 10.4. The third-order valence-electron chi connectivity index (χ3n) is 4.68.